The van der Waals surface area contributed by atoms with Crippen LogP contribution in [0.15, 0.2) is 72.9 Å². The summed E-state index contributed by atoms with van der Waals surface area (Å²) < 4.78 is 1.80. The Morgan fingerprint density at radius 3 is 2.05 bits per heavy atom. The lowest BCUT2D eigenvalue weighted by Crippen LogP contribution is -2.52. The molecule has 9 heteroatoms. The fraction of sp³-hybridized carbons (Fsp3) is 0.250. The second kappa shape index (κ2) is 10.6. The molecule has 2 aliphatic rings. The molecule has 2 aliphatic heterocycles. The summed E-state index contributed by atoms with van der Waals surface area (Å²) in [5, 5.41) is 4.77. The van der Waals surface area contributed by atoms with Crippen LogP contribution in [0.3, 0.4) is 0 Å². The standard InChI is InChI=1S/C28H27N5O4/c34-24(30-15-17-31(18-16-30)27(37)20-32-25(35)13-14-26(32)36)12-11-22-19-33(23-9-5-2-6-10-23)29-28(22)21-7-3-1-4-8-21/h1-12,19H,13-18,20H2/b12-11+. The highest BCUT2D eigenvalue weighted by Crippen LogP contribution is 2.25. The first kappa shape index (κ1) is 24.2. The van der Waals surface area contributed by atoms with Crippen molar-refractivity contribution in [2.45, 2.75) is 12.8 Å². The van der Waals surface area contributed by atoms with Gasteiger partial charge in [0.1, 0.15) is 6.54 Å². The third kappa shape index (κ3) is 5.35. The van der Waals surface area contributed by atoms with E-state index in [-0.39, 0.29) is 43.0 Å². The quantitative estimate of drug-likeness (QED) is 0.385. The smallest absolute Gasteiger partial charge is 0.246 e. The minimum absolute atomic E-state index is 0.150. The van der Waals surface area contributed by atoms with Gasteiger partial charge in [0.05, 0.1) is 11.4 Å². The van der Waals surface area contributed by atoms with Crippen LogP contribution in [0.25, 0.3) is 23.0 Å². The molecule has 0 unspecified atom stereocenters. The fourth-order valence-electron chi connectivity index (χ4n) is 4.52. The van der Waals surface area contributed by atoms with E-state index in [0.717, 1.165) is 27.4 Å². The minimum Gasteiger partial charge on any atom is -0.338 e. The summed E-state index contributed by atoms with van der Waals surface area (Å²) in [5.74, 6) is -1.03. The third-order valence-corrected chi connectivity index (χ3v) is 6.61. The van der Waals surface area contributed by atoms with Crippen LogP contribution in [0.5, 0.6) is 0 Å². The van der Waals surface area contributed by atoms with E-state index in [4.69, 9.17) is 5.10 Å². The van der Waals surface area contributed by atoms with Gasteiger partial charge in [0, 0.05) is 62.4 Å². The first-order valence-electron chi connectivity index (χ1n) is 12.3. The van der Waals surface area contributed by atoms with Gasteiger partial charge in [-0.25, -0.2) is 4.68 Å². The Bertz CT molecular complexity index is 1330. The van der Waals surface area contributed by atoms with E-state index in [1.807, 2.05) is 66.9 Å². The van der Waals surface area contributed by atoms with Gasteiger partial charge in [-0.3, -0.25) is 24.1 Å². The van der Waals surface area contributed by atoms with Gasteiger partial charge < -0.3 is 9.80 Å². The lowest BCUT2D eigenvalue weighted by molar-refractivity contribution is -0.146. The summed E-state index contributed by atoms with van der Waals surface area (Å²) in [6.45, 7) is 1.25. The van der Waals surface area contributed by atoms with Crippen molar-refractivity contribution >= 4 is 29.7 Å². The Balaban J connectivity index is 1.25. The molecule has 0 spiro atoms. The summed E-state index contributed by atoms with van der Waals surface area (Å²) in [7, 11) is 0. The molecule has 9 nitrogen and oxygen atoms in total. The van der Waals surface area contributed by atoms with Gasteiger partial charge in [0.25, 0.3) is 0 Å². The summed E-state index contributed by atoms with van der Waals surface area (Å²) in [5.41, 5.74) is 3.46. The van der Waals surface area contributed by atoms with E-state index in [2.05, 4.69) is 0 Å². The highest BCUT2D eigenvalue weighted by atomic mass is 16.2. The van der Waals surface area contributed by atoms with Crippen molar-refractivity contribution in [2.24, 2.45) is 0 Å². The first-order valence-corrected chi connectivity index (χ1v) is 12.3. The molecule has 0 atom stereocenters. The zero-order valence-electron chi connectivity index (χ0n) is 20.3. The number of aromatic nitrogens is 2. The predicted molar refractivity (Wildman–Crippen MR) is 137 cm³/mol. The number of para-hydroxylation sites is 1. The Morgan fingerprint density at radius 1 is 0.811 bits per heavy atom. The maximum absolute atomic E-state index is 12.9. The van der Waals surface area contributed by atoms with Crippen LogP contribution in [-0.4, -0.2) is 80.8 Å². The van der Waals surface area contributed by atoms with Gasteiger partial charge in [0.2, 0.25) is 23.6 Å². The molecule has 2 saturated heterocycles. The number of benzene rings is 2. The lowest BCUT2D eigenvalue weighted by atomic mass is 10.1. The van der Waals surface area contributed by atoms with Crippen LogP contribution in [0.2, 0.25) is 0 Å². The molecule has 3 aromatic rings. The van der Waals surface area contributed by atoms with Crippen molar-refractivity contribution in [3.63, 3.8) is 0 Å². The van der Waals surface area contributed by atoms with E-state index in [9.17, 15) is 19.2 Å². The number of carbonyl (C=O) groups excluding carboxylic acids is 4. The highest BCUT2D eigenvalue weighted by molar-refractivity contribution is 6.04. The number of imide groups is 1. The molecule has 188 valence electrons. The Labute approximate surface area is 214 Å². The Hall–Kier alpha value is -4.53. The zero-order valence-corrected chi connectivity index (χ0v) is 20.3. The molecule has 2 aromatic carbocycles. The fourth-order valence-corrected chi connectivity index (χ4v) is 4.52. The Morgan fingerprint density at radius 2 is 1.41 bits per heavy atom. The molecule has 0 saturated carbocycles. The maximum atomic E-state index is 12.9. The largest absolute Gasteiger partial charge is 0.338 e. The van der Waals surface area contributed by atoms with Crippen molar-refractivity contribution < 1.29 is 19.2 Å². The highest BCUT2D eigenvalue weighted by Gasteiger charge is 2.32. The summed E-state index contributed by atoms with van der Waals surface area (Å²) in [4.78, 5) is 53.4. The van der Waals surface area contributed by atoms with Crippen LogP contribution in [0, 0.1) is 0 Å². The second-order valence-corrected chi connectivity index (χ2v) is 8.99. The van der Waals surface area contributed by atoms with E-state index in [0.29, 0.717) is 26.2 Å². The van der Waals surface area contributed by atoms with E-state index in [1.165, 1.54) is 6.08 Å². The molecule has 3 heterocycles. The summed E-state index contributed by atoms with van der Waals surface area (Å²) in [6.07, 6.45) is 5.55. The molecule has 37 heavy (non-hydrogen) atoms. The number of rotatable bonds is 6. The van der Waals surface area contributed by atoms with Crippen LogP contribution in [0.1, 0.15) is 18.4 Å². The maximum Gasteiger partial charge on any atom is 0.246 e. The molecule has 1 aromatic heterocycles. The number of nitrogens with zero attached hydrogens (tertiary/aromatic N) is 5. The van der Waals surface area contributed by atoms with E-state index < -0.39 is 0 Å². The van der Waals surface area contributed by atoms with Crippen LogP contribution in [-0.2, 0) is 19.2 Å². The first-order chi connectivity index (χ1) is 18.0. The normalized spacial score (nSPS) is 16.2. The van der Waals surface area contributed by atoms with E-state index in [1.54, 1.807) is 20.6 Å². The molecule has 0 N–H and O–H groups in total. The van der Waals surface area contributed by atoms with Crippen LogP contribution >= 0.6 is 0 Å². The van der Waals surface area contributed by atoms with Crippen LogP contribution < -0.4 is 0 Å². The van der Waals surface area contributed by atoms with Crippen molar-refractivity contribution in [3.05, 3.63) is 78.5 Å². The molecule has 2 fully saturated rings. The molecule has 5 rings (SSSR count). The molecule has 0 bridgehead atoms. The number of piperazine rings is 1. The van der Waals surface area contributed by atoms with Gasteiger partial charge in [-0.15, -0.1) is 0 Å². The van der Waals surface area contributed by atoms with Crippen molar-refractivity contribution in [3.8, 4) is 16.9 Å². The van der Waals surface area contributed by atoms with E-state index >= 15 is 0 Å². The van der Waals surface area contributed by atoms with Gasteiger partial charge in [-0.05, 0) is 18.2 Å². The van der Waals surface area contributed by atoms with Crippen LogP contribution in [0.4, 0.5) is 0 Å². The lowest BCUT2D eigenvalue weighted by Gasteiger charge is -2.34. The summed E-state index contributed by atoms with van der Waals surface area (Å²) >= 11 is 0. The van der Waals surface area contributed by atoms with Gasteiger partial charge in [-0.2, -0.15) is 5.10 Å². The number of amides is 4. The summed E-state index contributed by atoms with van der Waals surface area (Å²) in [6, 6.07) is 19.6. The number of hydrogen-bond acceptors (Lipinski definition) is 5. The van der Waals surface area contributed by atoms with Gasteiger partial charge in [-0.1, -0.05) is 48.5 Å². The monoisotopic (exact) mass is 497 g/mol. The second-order valence-electron chi connectivity index (χ2n) is 8.99. The number of hydrogen-bond donors (Lipinski definition) is 0. The van der Waals surface area contributed by atoms with Crippen molar-refractivity contribution in [1.82, 2.24) is 24.5 Å². The Kier molecular flexibility index (Phi) is 6.93. The topological polar surface area (TPSA) is 95.8 Å². The van der Waals surface area contributed by atoms with Gasteiger partial charge in [0.15, 0.2) is 0 Å². The molecule has 4 amide bonds. The SMILES string of the molecule is O=C(/C=C/c1cn(-c2ccccc2)nc1-c1ccccc1)N1CCN(C(=O)CN2C(=O)CCC2=O)CC1. The number of likely N-dealkylation sites (tertiary alicyclic amines) is 1. The molecular formula is C28H27N5O4. The molecule has 0 aliphatic carbocycles. The van der Waals surface area contributed by atoms with Crippen molar-refractivity contribution in [2.75, 3.05) is 32.7 Å². The van der Waals surface area contributed by atoms with Gasteiger partial charge >= 0.3 is 0 Å². The predicted octanol–water partition coefficient (Wildman–Crippen LogP) is 2.37. The number of carbonyl (C=O) groups is 4. The average molecular weight is 498 g/mol. The van der Waals surface area contributed by atoms with Crippen molar-refractivity contribution in [1.29, 1.82) is 0 Å². The zero-order chi connectivity index (χ0) is 25.8. The third-order valence-electron chi connectivity index (χ3n) is 6.61. The molecule has 0 radical (unpaired) electrons. The minimum atomic E-state index is -0.303. The molecular weight excluding hydrogens is 470 g/mol. The average Bonchev–Trinajstić information content (AvgIpc) is 3.51.